The summed E-state index contributed by atoms with van der Waals surface area (Å²) in [5.41, 5.74) is 4.35. The standard InChI is InChI=1S/C27H32N4O4/c1-16(2)12-13-31-18(4)23(26-29-25(30-35-26)20-9-7-8-17(3)14-20)24(28-27(31)32)19-10-11-21(33-5)22(15-19)34-6/h7-11,14-16,24H,12-13H2,1-6H3,(H,28,32). The van der Waals surface area contributed by atoms with E-state index in [0.29, 0.717) is 35.7 Å². The summed E-state index contributed by atoms with van der Waals surface area (Å²) in [6.07, 6.45) is 0.872. The number of hydrogen-bond acceptors (Lipinski definition) is 6. The third-order valence-corrected chi connectivity index (χ3v) is 6.20. The van der Waals surface area contributed by atoms with Gasteiger partial charge in [-0.3, -0.25) is 4.90 Å². The molecule has 35 heavy (non-hydrogen) atoms. The Morgan fingerprint density at radius 2 is 1.86 bits per heavy atom. The van der Waals surface area contributed by atoms with Crippen molar-refractivity contribution in [3.8, 4) is 22.9 Å². The topological polar surface area (TPSA) is 89.7 Å². The van der Waals surface area contributed by atoms with Crippen molar-refractivity contribution in [3.05, 3.63) is 65.2 Å². The van der Waals surface area contributed by atoms with Gasteiger partial charge in [0.05, 0.1) is 25.8 Å². The third kappa shape index (κ3) is 5.01. The Morgan fingerprint density at radius 3 is 2.54 bits per heavy atom. The van der Waals surface area contributed by atoms with E-state index >= 15 is 0 Å². The number of carbonyl (C=O) groups is 1. The van der Waals surface area contributed by atoms with Gasteiger partial charge in [-0.25, -0.2) is 4.79 Å². The van der Waals surface area contributed by atoms with Crippen LogP contribution in [0, 0.1) is 12.8 Å². The van der Waals surface area contributed by atoms with Crippen molar-refractivity contribution in [2.45, 2.75) is 40.2 Å². The summed E-state index contributed by atoms with van der Waals surface area (Å²) in [6.45, 7) is 8.82. The highest BCUT2D eigenvalue weighted by molar-refractivity contribution is 5.87. The Bertz CT molecular complexity index is 1250. The van der Waals surface area contributed by atoms with Crippen LogP contribution in [-0.2, 0) is 0 Å². The van der Waals surface area contributed by atoms with Crippen LogP contribution in [-0.4, -0.2) is 41.8 Å². The summed E-state index contributed by atoms with van der Waals surface area (Å²) in [6, 6.07) is 12.9. The molecule has 8 heteroatoms. The lowest BCUT2D eigenvalue weighted by Gasteiger charge is -2.35. The van der Waals surface area contributed by atoms with Crippen LogP contribution in [0.4, 0.5) is 4.79 Å². The van der Waals surface area contributed by atoms with Gasteiger partial charge in [0, 0.05) is 17.8 Å². The van der Waals surface area contributed by atoms with Crippen molar-refractivity contribution in [2.75, 3.05) is 20.8 Å². The van der Waals surface area contributed by atoms with Crippen molar-refractivity contribution in [3.63, 3.8) is 0 Å². The zero-order valence-corrected chi connectivity index (χ0v) is 21.1. The molecule has 3 aromatic rings. The van der Waals surface area contributed by atoms with Crippen LogP contribution in [0.3, 0.4) is 0 Å². The predicted octanol–water partition coefficient (Wildman–Crippen LogP) is 5.61. The van der Waals surface area contributed by atoms with Gasteiger partial charge >= 0.3 is 6.03 Å². The van der Waals surface area contributed by atoms with Gasteiger partial charge in [0.25, 0.3) is 5.89 Å². The average Bonchev–Trinajstić information content (AvgIpc) is 3.32. The molecule has 1 aliphatic rings. The van der Waals surface area contributed by atoms with Gasteiger partial charge in [0.1, 0.15) is 0 Å². The molecule has 1 aromatic heterocycles. The van der Waals surface area contributed by atoms with Crippen LogP contribution in [0.1, 0.15) is 50.3 Å². The molecule has 0 radical (unpaired) electrons. The van der Waals surface area contributed by atoms with Gasteiger partial charge in [-0.2, -0.15) is 4.98 Å². The number of ether oxygens (including phenoxy) is 2. The molecule has 1 aliphatic heterocycles. The molecular weight excluding hydrogens is 444 g/mol. The summed E-state index contributed by atoms with van der Waals surface area (Å²) in [7, 11) is 3.18. The minimum Gasteiger partial charge on any atom is -0.493 e. The van der Waals surface area contributed by atoms with Crippen molar-refractivity contribution in [1.29, 1.82) is 0 Å². The van der Waals surface area contributed by atoms with Gasteiger partial charge < -0.3 is 19.3 Å². The zero-order chi connectivity index (χ0) is 25.1. The molecule has 1 atom stereocenters. The molecule has 0 saturated heterocycles. The molecule has 8 nitrogen and oxygen atoms in total. The van der Waals surface area contributed by atoms with Gasteiger partial charge in [-0.05, 0) is 49.9 Å². The maximum atomic E-state index is 13.2. The number of nitrogens with zero attached hydrogens (tertiary/aromatic N) is 3. The lowest BCUT2D eigenvalue weighted by Crippen LogP contribution is -2.46. The van der Waals surface area contributed by atoms with Crippen molar-refractivity contribution in [2.24, 2.45) is 5.92 Å². The molecule has 0 fully saturated rings. The first-order chi connectivity index (χ1) is 16.8. The first kappa shape index (κ1) is 24.3. The quantitative estimate of drug-likeness (QED) is 0.455. The Kier molecular flexibility index (Phi) is 7.10. The molecule has 0 bridgehead atoms. The summed E-state index contributed by atoms with van der Waals surface area (Å²) in [5, 5.41) is 7.39. The Balaban J connectivity index is 1.81. The smallest absolute Gasteiger partial charge is 0.322 e. The maximum absolute atomic E-state index is 13.2. The number of benzene rings is 2. The van der Waals surface area contributed by atoms with E-state index in [4.69, 9.17) is 19.0 Å². The Labute approximate surface area is 205 Å². The van der Waals surface area contributed by atoms with E-state index in [1.807, 2.05) is 56.3 Å². The number of urea groups is 1. The number of rotatable bonds is 8. The maximum Gasteiger partial charge on any atom is 0.322 e. The third-order valence-electron chi connectivity index (χ3n) is 6.20. The fourth-order valence-corrected chi connectivity index (χ4v) is 4.23. The summed E-state index contributed by atoms with van der Waals surface area (Å²) in [4.78, 5) is 19.7. The normalized spacial score (nSPS) is 16.0. The fraction of sp³-hybridized carbons (Fsp3) is 0.370. The van der Waals surface area contributed by atoms with Crippen LogP contribution in [0.5, 0.6) is 11.5 Å². The monoisotopic (exact) mass is 476 g/mol. The van der Waals surface area contributed by atoms with E-state index in [0.717, 1.165) is 34.4 Å². The molecule has 4 rings (SSSR count). The van der Waals surface area contributed by atoms with Gasteiger partial charge in [-0.15, -0.1) is 0 Å². The predicted molar refractivity (Wildman–Crippen MR) is 134 cm³/mol. The molecule has 0 spiro atoms. The van der Waals surface area contributed by atoms with Crippen LogP contribution in [0.15, 0.2) is 52.7 Å². The van der Waals surface area contributed by atoms with Gasteiger partial charge in [0.15, 0.2) is 11.5 Å². The van der Waals surface area contributed by atoms with Crippen LogP contribution in [0.25, 0.3) is 17.0 Å². The SMILES string of the molecule is COc1ccc(C2NC(=O)N(CCC(C)C)C(C)=C2c2nc(-c3cccc(C)c3)no2)cc1OC. The minimum absolute atomic E-state index is 0.162. The first-order valence-electron chi connectivity index (χ1n) is 11.7. The highest BCUT2D eigenvalue weighted by atomic mass is 16.5. The van der Waals surface area contributed by atoms with Gasteiger partial charge in [0.2, 0.25) is 5.82 Å². The van der Waals surface area contributed by atoms with E-state index in [1.165, 1.54) is 0 Å². The molecule has 184 valence electrons. The second-order valence-electron chi connectivity index (χ2n) is 9.12. The fourth-order valence-electron chi connectivity index (χ4n) is 4.23. The van der Waals surface area contributed by atoms with Crippen LogP contribution < -0.4 is 14.8 Å². The number of carbonyl (C=O) groups excluding carboxylic acids is 1. The molecular formula is C27H32N4O4. The van der Waals surface area contributed by atoms with E-state index < -0.39 is 6.04 Å². The largest absolute Gasteiger partial charge is 0.493 e. The number of aryl methyl sites for hydroxylation is 1. The lowest BCUT2D eigenvalue weighted by molar-refractivity contribution is 0.202. The van der Waals surface area contributed by atoms with Crippen LogP contribution >= 0.6 is 0 Å². The molecule has 0 aliphatic carbocycles. The molecule has 1 N–H and O–H groups in total. The Morgan fingerprint density at radius 1 is 1.09 bits per heavy atom. The van der Waals surface area contributed by atoms with Gasteiger partial charge in [-0.1, -0.05) is 48.8 Å². The number of amides is 2. The van der Waals surface area contributed by atoms with E-state index in [-0.39, 0.29) is 6.03 Å². The Hall–Kier alpha value is -3.81. The second kappa shape index (κ2) is 10.2. The summed E-state index contributed by atoms with van der Waals surface area (Å²) in [5.74, 6) is 2.51. The highest BCUT2D eigenvalue weighted by Crippen LogP contribution is 2.40. The molecule has 1 unspecified atom stereocenters. The van der Waals surface area contributed by atoms with Crippen LogP contribution in [0.2, 0.25) is 0 Å². The van der Waals surface area contributed by atoms with E-state index in [2.05, 4.69) is 24.3 Å². The van der Waals surface area contributed by atoms with Crippen molar-refractivity contribution in [1.82, 2.24) is 20.4 Å². The average molecular weight is 477 g/mol. The summed E-state index contributed by atoms with van der Waals surface area (Å²) < 4.78 is 16.7. The zero-order valence-electron chi connectivity index (χ0n) is 21.1. The van der Waals surface area contributed by atoms with E-state index in [9.17, 15) is 4.79 Å². The number of aromatic nitrogens is 2. The molecule has 2 amide bonds. The first-order valence-corrected chi connectivity index (χ1v) is 11.7. The summed E-state index contributed by atoms with van der Waals surface area (Å²) >= 11 is 0. The second-order valence-corrected chi connectivity index (χ2v) is 9.12. The lowest BCUT2D eigenvalue weighted by atomic mass is 9.94. The van der Waals surface area contributed by atoms with Crippen molar-refractivity contribution >= 4 is 11.6 Å². The molecule has 0 saturated carbocycles. The number of nitrogens with one attached hydrogen (secondary N) is 1. The number of allylic oxidation sites excluding steroid dienone is 1. The molecule has 2 heterocycles. The van der Waals surface area contributed by atoms with E-state index in [1.54, 1.807) is 19.1 Å². The minimum atomic E-state index is -0.497. The van der Waals surface area contributed by atoms with Crippen molar-refractivity contribution < 1.29 is 18.8 Å². The number of methoxy groups -OCH3 is 2. The number of hydrogen-bond donors (Lipinski definition) is 1. The molecule has 2 aromatic carbocycles. The highest BCUT2D eigenvalue weighted by Gasteiger charge is 2.36.